The van der Waals surface area contributed by atoms with Crippen molar-refractivity contribution in [2.45, 2.75) is 16.8 Å². The molecule has 0 atom stereocenters. The summed E-state index contributed by atoms with van der Waals surface area (Å²) in [6, 6.07) is 8.52. The quantitative estimate of drug-likeness (QED) is 0.685. The summed E-state index contributed by atoms with van der Waals surface area (Å²) in [5.41, 5.74) is 0.691. The van der Waals surface area contributed by atoms with Gasteiger partial charge in [0, 0.05) is 10.6 Å². The highest BCUT2D eigenvalue weighted by Crippen LogP contribution is 2.27. The van der Waals surface area contributed by atoms with Gasteiger partial charge in [0.1, 0.15) is 10.8 Å². The molecular weight excluding hydrogens is 264 g/mol. The molecule has 5 nitrogen and oxygen atoms in total. The van der Waals surface area contributed by atoms with Gasteiger partial charge in [-0.1, -0.05) is 11.8 Å². The van der Waals surface area contributed by atoms with Gasteiger partial charge in [0.05, 0.1) is 7.11 Å². The number of aryl methyl sites for hydroxylation is 1. The predicted octanol–water partition coefficient (Wildman–Crippen LogP) is 2.43. The average molecular weight is 276 g/mol. The summed E-state index contributed by atoms with van der Waals surface area (Å²) in [4.78, 5) is 20.5. The van der Waals surface area contributed by atoms with Gasteiger partial charge >= 0.3 is 5.97 Å². The van der Waals surface area contributed by atoms with Crippen molar-refractivity contribution in [2.24, 2.45) is 0 Å². The maximum Gasteiger partial charge on any atom is 0.376 e. The van der Waals surface area contributed by atoms with Crippen molar-refractivity contribution in [1.82, 2.24) is 9.97 Å². The molecule has 6 heteroatoms. The van der Waals surface area contributed by atoms with Gasteiger partial charge < -0.3 is 9.84 Å². The molecule has 2 aromatic rings. The lowest BCUT2D eigenvalue weighted by atomic mass is 10.3. The van der Waals surface area contributed by atoms with Crippen molar-refractivity contribution in [3.8, 4) is 5.75 Å². The van der Waals surface area contributed by atoms with Crippen LogP contribution in [-0.2, 0) is 4.74 Å². The Morgan fingerprint density at radius 2 is 1.95 bits per heavy atom. The number of carbonyl (C=O) groups is 1. The van der Waals surface area contributed by atoms with Crippen LogP contribution in [0.15, 0.2) is 40.3 Å². The Morgan fingerprint density at radius 3 is 2.58 bits per heavy atom. The van der Waals surface area contributed by atoms with Gasteiger partial charge in [-0.05, 0) is 37.3 Å². The monoisotopic (exact) mass is 276 g/mol. The number of methoxy groups -OCH3 is 1. The number of aromatic hydroxyl groups is 1. The normalized spacial score (nSPS) is 10.2. The minimum Gasteiger partial charge on any atom is -0.508 e. The maximum absolute atomic E-state index is 11.4. The molecule has 1 N–H and O–H groups in total. The number of aromatic nitrogens is 2. The second kappa shape index (κ2) is 5.71. The molecule has 0 amide bonds. The Hall–Kier alpha value is -2.08. The van der Waals surface area contributed by atoms with E-state index in [0.29, 0.717) is 10.7 Å². The van der Waals surface area contributed by atoms with E-state index in [2.05, 4.69) is 14.7 Å². The van der Waals surface area contributed by atoms with Crippen LogP contribution in [0.5, 0.6) is 5.75 Å². The molecule has 19 heavy (non-hydrogen) atoms. The number of benzene rings is 1. The fraction of sp³-hybridized carbons (Fsp3) is 0.154. The summed E-state index contributed by atoms with van der Waals surface area (Å²) >= 11 is 1.38. The first-order valence-electron chi connectivity index (χ1n) is 5.49. The maximum atomic E-state index is 11.4. The van der Waals surface area contributed by atoms with Crippen molar-refractivity contribution in [1.29, 1.82) is 0 Å². The summed E-state index contributed by atoms with van der Waals surface area (Å²) < 4.78 is 4.61. The standard InChI is InChI=1S/C13H12N2O3S/c1-8-7-11(15-12(14-8)13(17)18-2)19-10-5-3-9(16)4-6-10/h3-7,16H,1-2H3. The second-order valence-corrected chi connectivity index (χ2v) is 4.85. The van der Waals surface area contributed by atoms with Crippen LogP contribution in [0.25, 0.3) is 0 Å². The van der Waals surface area contributed by atoms with E-state index >= 15 is 0 Å². The highest BCUT2D eigenvalue weighted by atomic mass is 32.2. The molecule has 0 aliphatic carbocycles. The summed E-state index contributed by atoms with van der Waals surface area (Å²) in [6.07, 6.45) is 0. The van der Waals surface area contributed by atoms with Crippen LogP contribution < -0.4 is 0 Å². The van der Waals surface area contributed by atoms with Crippen LogP contribution in [-0.4, -0.2) is 28.2 Å². The Morgan fingerprint density at radius 1 is 1.26 bits per heavy atom. The van der Waals surface area contributed by atoms with Crippen molar-refractivity contribution in [3.63, 3.8) is 0 Å². The van der Waals surface area contributed by atoms with E-state index < -0.39 is 5.97 Å². The summed E-state index contributed by atoms with van der Waals surface area (Å²) in [5.74, 6) is -0.307. The molecule has 0 radical (unpaired) electrons. The average Bonchev–Trinajstić information content (AvgIpc) is 2.40. The van der Waals surface area contributed by atoms with Crippen molar-refractivity contribution >= 4 is 17.7 Å². The number of nitrogens with zero attached hydrogens (tertiary/aromatic N) is 2. The largest absolute Gasteiger partial charge is 0.508 e. The van der Waals surface area contributed by atoms with E-state index in [1.807, 2.05) is 0 Å². The van der Waals surface area contributed by atoms with Gasteiger partial charge in [0.15, 0.2) is 0 Å². The van der Waals surface area contributed by atoms with Gasteiger partial charge in [-0.2, -0.15) is 0 Å². The van der Waals surface area contributed by atoms with Crippen molar-refractivity contribution < 1.29 is 14.6 Å². The Kier molecular flexibility index (Phi) is 4.01. The van der Waals surface area contributed by atoms with E-state index in [4.69, 9.17) is 0 Å². The first-order valence-corrected chi connectivity index (χ1v) is 6.31. The van der Waals surface area contributed by atoms with Gasteiger partial charge in [-0.15, -0.1) is 0 Å². The highest BCUT2D eigenvalue weighted by Gasteiger charge is 2.12. The van der Waals surface area contributed by atoms with Gasteiger partial charge in [0.25, 0.3) is 0 Å². The SMILES string of the molecule is COC(=O)c1nc(C)cc(Sc2ccc(O)cc2)n1. The van der Waals surface area contributed by atoms with Crippen LogP contribution in [0.1, 0.15) is 16.3 Å². The third kappa shape index (κ3) is 3.45. The zero-order valence-electron chi connectivity index (χ0n) is 10.5. The zero-order chi connectivity index (χ0) is 13.8. The van der Waals surface area contributed by atoms with E-state index in [1.165, 1.54) is 18.9 Å². The van der Waals surface area contributed by atoms with Gasteiger partial charge in [-0.25, -0.2) is 14.8 Å². The van der Waals surface area contributed by atoms with E-state index in [9.17, 15) is 9.90 Å². The summed E-state index contributed by atoms with van der Waals surface area (Å²) in [5, 5.41) is 9.87. The molecule has 1 aromatic heterocycles. The first kappa shape index (κ1) is 13.4. The molecule has 0 bridgehead atoms. The molecule has 1 heterocycles. The Balaban J connectivity index is 2.27. The molecule has 0 saturated carbocycles. The fourth-order valence-corrected chi connectivity index (χ4v) is 2.28. The predicted molar refractivity (Wildman–Crippen MR) is 70.3 cm³/mol. The van der Waals surface area contributed by atoms with Crippen LogP contribution in [0.3, 0.4) is 0 Å². The molecule has 0 saturated heterocycles. The molecular formula is C13H12N2O3S. The minimum absolute atomic E-state index is 0.0452. The van der Waals surface area contributed by atoms with Crippen LogP contribution >= 0.6 is 11.8 Å². The summed E-state index contributed by atoms with van der Waals surface area (Å²) in [6.45, 7) is 1.79. The molecule has 0 aliphatic heterocycles. The number of hydrogen-bond donors (Lipinski definition) is 1. The van der Waals surface area contributed by atoms with Gasteiger partial charge in [0.2, 0.25) is 5.82 Å². The number of esters is 1. The lowest BCUT2D eigenvalue weighted by Crippen LogP contribution is -2.08. The van der Waals surface area contributed by atoms with Crippen LogP contribution in [0, 0.1) is 6.92 Å². The van der Waals surface area contributed by atoms with E-state index in [-0.39, 0.29) is 11.6 Å². The number of hydrogen-bond acceptors (Lipinski definition) is 6. The number of rotatable bonds is 3. The van der Waals surface area contributed by atoms with Crippen molar-refractivity contribution in [3.05, 3.63) is 41.9 Å². The number of phenolic OH excluding ortho intramolecular Hbond substituents is 1. The third-order valence-corrected chi connectivity index (χ3v) is 3.18. The minimum atomic E-state index is -0.559. The van der Waals surface area contributed by atoms with Gasteiger partial charge in [-0.3, -0.25) is 0 Å². The molecule has 0 aliphatic rings. The summed E-state index contributed by atoms with van der Waals surface area (Å²) in [7, 11) is 1.29. The first-order chi connectivity index (χ1) is 9.08. The van der Waals surface area contributed by atoms with Crippen LogP contribution in [0.4, 0.5) is 0 Å². The lowest BCUT2D eigenvalue weighted by Gasteiger charge is -2.04. The molecule has 1 aromatic carbocycles. The van der Waals surface area contributed by atoms with Crippen LogP contribution in [0.2, 0.25) is 0 Å². The topological polar surface area (TPSA) is 72.3 Å². The Bertz CT molecular complexity index is 599. The smallest absolute Gasteiger partial charge is 0.376 e. The molecule has 2 rings (SSSR count). The molecule has 0 spiro atoms. The number of ether oxygens (including phenoxy) is 1. The van der Waals surface area contributed by atoms with E-state index in [0.717, 1.165) is 4.90 Å². The highest BCUT2D eigenvalue weighted by molar-refractivity contribution is 7.99. The molecule has 0 fully saturated rings. The second-order valence-electron chi connectivity index (χ2n) is 3.76. The van der Waals surface area contributed by atoms with E-state index in [1.54, 1.807) is 37.3 Å². The molecule has 0 unspecified atom stereocenters. The number of carbonyl (C=O) groups excluding carboxylic acids is 1. The number of phenols is 1. The third-order valence-electron chi connectivity index (χ3n) is 2.26. The fourth-order valence-electron chi connectivity index (χ4n) is 1.41. The lowest BCUT2D eigenvalue weighted by molar-refractivity contribution is 0.0585. The zero-order valence-corrected chi connectivity index (χ0v) is 11.3. The van der Waals surface area contributed by atoms with Crippen molar-refractivity contribution in [2.75, 3.05) is 7.11 Å². The molecule has 98 valence electrons. The Labute approximate surface area is 114 Å².